The van der Waals surface area contributed by atoms with Gasteiger partial charge in [-0.15, -0.1) is 0 Å². The molecule has 5 aromatic rings. The number of benzene rings is 3. The number of alkyl halides is 6. The van der Waals surface area contributed by atoms with E-state index in [1.165, 1.54) is 24.3 Å². The van der Waals surface area contributed by atoms with Gasteiger partial charge in [-0.1, -0.05) is 30.3 Å². The zero-order valence-electron chi connectivity index (χ0n) is 20.4. The molecule has 2 nitrogen and oxygen atoms in total. The standard InChI is InChI=1S/C30H22F6N2/c1-19-16-22(17-37(19)25-12-8-23(9-13-25)29(31,32)33)27-18-38(20(2)28(27)21-6-4-3-5-7-21)26-14-10-24(11-15-26)30(34,35)36/h3-18H,1-2H3. The van der Waals surface area contributed by atoms with E-state index in [0.717, 1.165) is 57.9 Å². The molecule has 0 bridgehead atoms. The van der Waals surface area contributed by atoms with Crippen LogP contribution in [0.15, 0.2) is 97.3 Å². The second-order valence-corrected chi connectivity index (χ2v) is 9.07. The molecule has 0 aliphatic carbocycles. The highest BCUT2D eigenvalue weighted by molar-refractivity contribution is 5.86. The van der Waals surface area contributed by atoms with Gasteiger partial charge >= 0.3 is 12.4 Å². The summed E-state index contributed by atoms with van der Waals surface area (Å²) in [5.74, 6) is 0. The predicted octanol–water partition coefficient (Wildman–Crippen LogP) is 9.26. The molecule has 0 N–H and O–H groups in total. The van der Waals surface area contributed by atoms with Crippen molar-refractivity contribution in [1.29, 1.82) is 0 Å². The summed E-state index contributed by atoms with van der Waals surface area (Å²) in [4.78, 5) is 0. The summed E-state index contributed by atoms with van der Waals surface area (Å²) < 4.78 is 82.1. The summed E-state index contributed by atoms with van der Waals surface area (Å²) in [5.41, 5.74) is 4.91. The van der Waals surface area contributed by atoms with Gasteiger partial charge in [0.25, 0.3) is 0 Å². The summed E-state index contributed by atoms with van der Waals surface area (Å²) in [6, 6.07) is 21.5. The first kappa shape index (κ1) is 25.4. The van der Waals surface area contributed by atoms with Crippen molar-refractivity contribution in [2.75, 3.05) is 0 Å². The van der Waals surface area contributed by atoms with Gasteiger partial charge < -0.3 is 9.13 Å². The number of hydrogen-bond donors (Lipinski definition) is 0. The minimum atomic E-state index is -4.43. The fourth-order valence-electron chi connectivity index (χ4n) is 4.68. The Morgan fingerprint density at radius 2 is 1.05 bits per heavy atom. The molecule has 0 radical (unpaired) electrons. The van der Waals surface area contributed by atoms with Crippen molar-refractivity contribution in [2.45, 2.75) is 26.2 Å². The first-order valence-corrected chi connectivity index (χ1v) is 11.8. The Balaban J connectivity index is 1.62. The van der Waals surface area contributed by atoms with Gasteiger partial charge in [0.15, 0.2) is 0 Å². The normalized spacial score (nSPS) is 12.2. The Bertz CT molecular complexity index is 1570. The van der Waals surface area contributed by atoms with Crippen LogP contribution in [0, 0.1) is 13.8 Å². The first-order chi connectivity index (χ1) is 17.9. The van der Waals surface area contributed by atoms with Crippen molar-refractivity contribution in [3.63, 3.8) is 0 Å². The van der Waals surface area contributed by atoms with Crippen molar-refractivity contribution in [3.8, 4) is 33.6 Å². The number of nitrogens with zero attached hydrogens (tertiary/aromatic N) is 2. The van der Waals surface area contributed by atoms with Gasteiger partial charge in [0, 0.05) is 51.8 Å². The Kier molecular flexibility index (Phi) is 6.21. The van der Waals surface area contributed by atoms with Crippen LogP contribution in [0.2, 0.25) is 0 Å². The van der Waals surface area contributed by atoms with Crippen LogP contribution < -0.4 is 0 Å². The summed E-state index contributed by atoms with van der Waals surface area (Å²) in [6.07, 6.45) is -5.11. The lowest BCUT2D eigenvalue weighted by atomic mass is 9.98. The van der Waals surface area contributed by atoms with Gasteiger partial charge in [0.05, 0.1) is 11.1 Å². The van der Waals surface area contributed by atoms with Crippen LogP contribution >= 0.6 is 0 Å². The van der Waals surface area contributed by atoms with E-state index in [2.05, 4.69) is 0 Å². The number of hydrogen-bond acceptors (Lipinski definition) is 0. The van der Waals surface area contributed by atoms with E-state index in [4.69, 9.17) is 0 Å². The van der Waals surface area contributed by atoms with E-state index in [9.17, 15) is 26.3 Å². The molecule has 0 saturated heterocycles. The number of aryl methyl sites for hydroxylation is 1. The molecule has 0 amide bonds. The molecule has 0 atom stereocenters. The van der Waals surface area contributed by atoms with Crippen molar-refractivity contribution in [2.24, 2.45) is 0 Å². The first-order valence-electron chi connectivity index (χ1n) is 11.8. The van der Waals surface area contributed by atoms with Crippen molar-refractivity contribution in [1.82, 2.24) is 9.13 Å². The zero-order chi connectivity index (χ0) is 27.2. The van der Waals surface area contributed by atoms with Crippen molar-refractivity contribution >= 4 is 0 Å². The maximum atomic E-state index is 13.1. The highest BCUT2D eigenvalue weighted by Crippen LogP contribution is 2.39. The van der Waals surface area contributed by atoms with Crippen LogP contribution in [-0.4, -0.2) is 9.13 Å². The fourth-order valence-corrected chi connectivity index (χ4v) is 4.68. The lowest BCUT2D eigenvalue weighted by Gasteiger charge is -2.10. The topological polar surface area (TPSA) is 9.86 Å². The van der Waals surface area contributed by atoms with Crippen LogP contribution in [0.1, 0.15) is 22.5 Å². The molecule has 0 saturated carbocycles. The van der Waals surface area contributed by atoms with Crippen LogP contribution in [0.25, 0.3) is 33.6 Å². The Morgan fingerprint density at radius 1 is 0.553 bits per heavy atom. The summed E-state index contributed by atoms with van der Waals surface area (Å²) >= 11 is 0. The predicted molar refractivity (Wildman–Crippen MR) is 135 cm³/mol. The third-order valence-electron chi connectivity index (χ3n) is 6.58. The van der Waals surface area contributed by atoms with Crippen LogP contribution in [0.5, 0.6) is 0 Å². The Labute approximate surface area is 215 Å². The molecule has 0 fully saturated rings. The van der Waals surface area contributed by atoms with Crippen molar-refractivity contribution < 1.29 is 26.3 Å². The van der Waals surface area contributed by atoms with E-state index >= 15 is 0 Å². The third-order valence-corrected chi connectivity index (χ3v) is 6.58. The van der Waals surface area contributed by atoms with E-state index in [0.29, 0.717) is 11.4 Å². The third kappa shape index (κ3) is 4.74. The molecule has 0 aliphatic rings. The smallest absolute Gasteiger partial charge is 0.321 e. The van der Waals surface area contributed by atoms with Crippen LogP contribution in [-0.2, 0) is 12.4 Å². The monoisotopic (exact) mass is 524 g/mol. The molecule has 0 unspecified atom stereocenters. The minimum Gasteiger partial charge on any atom is -0.321 e. The quantitative estimate of drug-likeness (QED) is 0.207. The van der Waals surface area contributed by atoms with E-state index in [1.54, 1.807) is 0 Å². The molecule has 2 heterocycles. The lowest BCUT2D eigenvalue weighted by molar-refractivity contribution is -0.138. The van der Waals surface area contributed by atoms with Gasteiger partial charge in [0.2, 0.25) is 0 Å². The minimum absolute atomic E-state index is 0.581. The van der Waals surface area contributed by atoms with Gasteiger partial charge in [-0.3, -0.25) is 0 Å². The molecule has 194 valence electrons. The lowest BCUT2D eigenvalue weighted by Crippen LogP contribution is -2.05. The van der Waals surface area contributed by atoms with Gasteiger partial charge in [0.1, 0.15) is 0 Å². The molecule has 8 heteroatoms. The molecule has 2 aromatic heterocycles. The average Bonchev–Trinajstić information content (AvgIpc) is 3.43. The Hall–Kier alpha value is -4.20. The van der Waals surface area contributed by atoms with Gasteiger partial charge in [-0.25, -0.2) is 0 Å². The second-order valence-electron chi connectivity index (χ2n) is 9.07. The number of aromatic nitrogens is 2. The maximum absolute atomic E-state index is 13.1. The average molecular weight is 525 g/mol. The molecule has 0 spiro atoms. The molecule has 5 rings (SSSR count). The van der Waals surface area contributed by atoms with Crippen LogP contribution in [0.4, 0.5) is 26.3 Å². The highest BCUT2D eigenvalue weighted by atomic mass is 19.4. The molecular weight excluding hydrogens is 502 g/mol. The zero-order valence-corrected chi connectivity index (χ0v) is 20.4. The number of rotatable bonds is 4. The maximum Gasteiger partial charge on any atom is 0.416 e. The highest BCUT2D eigenvalue weighted by Gasteiger charge is 2.31. The van der Waals surface area contributed by atoms with E-state index in [-0.39, 0.29) is 0 Å². The largest absolute Gasteiger partial charge is 0.416 e. The summed E-state index contributed by atoms with van der Waals surface area (Å²) in [5, 5.41) is 0. The fraction of sp³-hybridized carbons (Fsp3) is 0.133. The van der Waals surface area contributed by atoms with E-state index in [1.807, 2.05) is 71.8 Å². The van der Waals surface area contributed by atoms with Gasteiger partial charge in [-0.05, 0) is 74.0 Å². The van der Waals surface area contributed by atoms with E-state index < -0.39 is 23.5 Å². The van der Waals surface area contributed by atoms with Crippen LogP contribution in [0.3, 0.4) is 0 Å². The molecular formula is C30H22F6N2. The second kappa shape index (κ2) is 9.28. The molecule has 38 heavy (non-hydrogen) atoms. The number of halogens is 6. The SMILES string of the molecule is Cc1cc(-c2cn(-c3ccc(C(F)(F)F)cc3)c(C)c2-c2ccccc2)cn1-c1ccc(C(F)(F)F)cc1. The Morgan fingerprint density at radius 3 is 1.55 bits per heavy atom. The summed E-state index contributed by atoms with van der Waals surface area (Å²) in [7, 11) is 0. The summed E-state index contributed by atoms with van der Waals surface area (Å²) in [6.45, 7) is 3.77. The van der Waals surface area contributed by atoms with Crippen molar-refractivity contribution in [3.05, 3.63) is 120 Å². The molecule has 0 aliphatic heterocycles. The molecule has 3 aromatic carbocycles. The van der Waals surface area contributed by atoms with Gasteiger partial charge in [-0.2, -0.15) is 26.3 Å².